The van der Waals surface area contributed by atoms with E-state index in [1.807, 2.05) is 0 Å². The molecule has 0 unspecified atom stereocenters. The fraction of sp³-hybridized carbons (Fsp3) is 0.900. The molecule has 0 aliphatic carbocycles. The van der Waals surface area contributed by atoms with Crippen molar-refractivity contribution in [3.8, 4) is 0 Å². The van der Waals surface area contributed by atoms with Crippen molar-refractivity contribution in [2.75, 3.05) is 6.61 Å². The molecule has 0 aliphatic heterocycles. The highest BCUT2D eigenvalue weighted by molar-refractivity contribution is 7.87. The normalized spacial score (nSPS) is 12.6. The zero-order valence-corrected chi connectivity index (χ0v) is 18.1. The molecule has 0 aromatic rings. The van der Waals surface area contributed by atoms with Gasteiger partial charge in [-0.2, -0.15) is 8.42 Å². The van der Waals surface area contributed by atoms with Gasteiger partial charge in [-0.3, -0.25) is 14.1 Å². The van der Waals surface area contributed by atoms with E-state index in [-0.39, 0.29) is 6.61 Å². The van der Waals surface area contributed by atoms with E-state index in [9.17, 15) is 18.0 Å². The van der Waals surface area contributed by atoms with Crippen LogP contribution in [0.1, 0.15) is 103 Å². The van der Waals surface area contributed by atoms with Gasteiger partial charge in [-0.25, -0.2) is 0 Å². The predicted molar refractivity (Wildman–Crippen MR) is 109 cm³/mol. The van der Waals surface area contributed by atoms with Gasteiger partial charge in [0.05, 0.1) is 13.0 Å². The summed E-state index contributed by atoms with van der Waals surface area (Å²) in [4.78, 5) is 22.2. The van der Waals surface area contributed by atoms with Crippen LogP contribution in [0.2, 0.25) is 0 Å². The number of carboxylic acid groups (broad SMARTS) is 1. The first-order chi connectivity index (χ1) is 13.3. The molecule has 0 spiro atoms. The zero-order valence-electron chi connectivity index (χ0n) is 17.2. The molecule has 1 atom stereocenters. The fourth-order valence-electron chi connectivity index (χ4n) is 3.03. The van der Waals surface area contributed by atoms with E-state index in [0.29, 0.717) is 6.42 Å². The Balaban J connectivity index is 3.56. The second-order valence-electron chi connectivity index (χ2n) is 7.37. The minimum atomic E-state index is -4.79. The second-order valence-corrected chi connectivity index (χ2v) is 8.96. The van der Waals surface area contributed by atoms with E-state index in [1.54, 1.807) is 0 Å². The summed E-state index contributed by atoms with van der Waals surface area (Å²) in [5.74, 6) is -2.70. The van der Waals surface area contributed by atoms with Gasteiger partial charge in [-0.05, 0) is 6.42 Å². The van der Waals surface area contributed by atoms with Crippen molar-refractivity contribution in [3.05, 3.63) is 0 Å². The largest absolute Gasteiger partial charge is 0.481 e. The first-order valence-corrected chi connectivity index (χ1v) is 12.1. The van der Waals surface area contributed by atoms with Crippen molar-refractivity contribution in [2.24, 2.45) is 0 Å². The summed E-state index contributed by atoms with van der Waals surface area (Å²) in [6.45, 7) is 2.26. The minimum Gasteiger partial charge on any atom is -0.481 e. The Morgan fingerprint density at radius 2 is 1.18 bits per heavy atom. The number of ether oxygens (including phenoxy) is 1. The van der Waals surface area contributed by atoms with Crippen LogP contribution in [0.3, 0.4) is 0 Å². The third kappa shape index (κ3) is 15.9. The van der Waals surface area contributed by atoms with Gasteiger partial charge in [0.25, 0.3) is 10.1 Å². The second kappa shape index (κ2) is 16.8. The lowest BCUT2D eigenvalue weighted by Gasteiger charge is -2.11. The average molecular weight is 423 g/mol. The van der Waals surface area contributed by atoms with Gasteiger partial charge in [0.15, 0.2) is 5.25 Å². The van der Waals surface area contributed by atoms with Crippen LogP contribution in [0.25, 0.3) is 0 Å². The molecule has 0 heterocycles. The number of esters is 1. The molecule has 7 nitrogen and oxygen atoms in total. The number of carbonyl (C=O) groups excluding carboxylic acids is 1. The number of hydrogen-bond donors (Lipinski definition) is 2. The van der Waals surface area contributed by atoms with Crippen LogP contribution in [0.15, 0.2) is 0 Å². The Kier molecular flexibility index (Phi) is 16.1. The molecule has 0 bridgehead atoms. The topological polar surface area (TPSA) is 118 Å². The fourth-order valence-corrected chi connectivity index (χ4v) is 3.70. The summed E-state index contributed by atoms with van der Waals surface area (Å²) in [7, 11) is -4.79. The molecule has 0 aliphatic rings. The Morgan fingerprint density at radius 3 is 1.54 bits per heavy atom. The van der Waals surface area contributed by atoms with E-state index in [1.165, 1.54) is 64.2 Å². The van der Waals surface area contributed by atoms with E-state index < -0.39 is 33.7 Å². The Hall–Kier alpha value is -1.15. The maximum Gasteiger partial charge on any atom is 0.327 e. The monoisotopic (exact) mass is 422 g/mol. The van der Waals surface area contributed by atoms with Crippen molar-refractivity contribution >= 4 is 22.1 Å². The maximum absolute atomic E-state index is 11.6. The molecule has 0 rings (SSSR count). The summed E-state index contributed by atoms with van der Waals surface area (Å²) in [5.41, 5.74) is 0. The van der Waals surface area contributed by atoms with E-state index in [2.05, 4.69) is 6.92 Å². The SMILES string of the molecule is CCCCCCCCCCCCCCCCOC(=O)[C@H](CC(=O)O)S(=O)(=O)O. The molecule has 0 saturated heterocycles. The molecular formula is C20H38O7S. The predicted octanol–water partition coefficient (Wildman–Crippen LogP) is 4.74. The molecule has 166 valence electrons. The quantitative estimate of drug-likeness (QED) is 0.175. The van der Waals surface area contributed by atoms with E-state index >= 15 is 0 Å². The number of aliphatic carboxylic acids is 1. The molecule has 0 saturated carbocycles. The van der Waals surface area contributed by atoms with Crippen LogP contribution < -0.4 is 0 Å². The van der Waals surface area contributed by atoms with Gasteiger partial charge < -0.3 is 9.84 Å². The van der Waals surface area contributed by atoms with Crippen LogP contribution in [-0.4, -0.2) is 41.9 Å². The summed E-state index contributed by atoms with van der Waals surface area (Å²) in [6.07, 6.45) is 15.7. The number of carboxylic acids is 1. The van der Waals surface area contributed by atoms with Crippen LogP contribution in [0, 0.1) is 0 Å². The number of rotatable bonds is 19. The number of unbranched alkanes of at least 4 members (excludes halogenated alkanes) is 13. The molecule has 0 aromatic heterocycles. The Bertz CT molecular complexity index is 517. The maximum atomic E-state index is 11.6. The average Bonchev–Trinajstić information content (AvgIpc) is 2.61. The highest BCUT2D eigenvalue weighted by atomic mass is 32.2. The van der Waals surface area contributed by atoms with Gasteiger partial charge in [0, 0.05) is 0 Å². The first kappa shape index (κ1) is 26.9. The third-order valence-corrected chi connectivity index (χ3v) is 5.80. The summed E-state index contributed by atoms with van der Waals surface area (Å²) in [6, 6.07) is 0. The van der Waals surface area contributed by atoms with Gasteiger partial charge >= 0.3 is 11.9 Å². The van der Waals surface area contributed by atoms with Crippen molar-refractivity contribution in [3.63, 3.8) is 0 Å². The molecule has 2 N–H and O–H groups in total. The molecular weight excluding hydrogens is 384 g/mol. The van der Waals surface area contributed by atoms with Crippen molar-refractivity contribution in [1.29, 1.82) is 0 Å². The van der Waals surface area contributed by atoms with Crippen LogP contribution in [-0.2, 0) is 24.4 Å². The lowest BCUT2D eigenvalue weighted by atomic mass is 10.0. The standard InChI is InChI=1S/C20H38O7S/c1-2-3-4-5-6-7-8-9-10-11-12-13-14-15-16-27-20(23)18(17-19(21)22)28(24,25)26/h18H,2-17H2,1H3,(H,21,22)(H,24,25,26)/t18-/m0/s1. The Morgan fingerprint density at radius 1 is 0.786 bits per heavy atom. The Labute approximate surface area is 170 Å². The summed E-state index contributed by atoms with van der Waals surface area (Å²) < 4.78 is 35.8. The number of carbonyl (C=O) groups is 2. The lowest BCUT2D eigenvalue weighted by molar-refractivity contribution is -0.147. The van der Waals surface area contributed by atoms with Gasteiger partial charge in [-0.1, -0.05) is 90.4 Å². The molecule has 28 heavy (non-hydrogen) atoms. The van der Waals surface area contributed by atoms with E-state index in [0.717, 1.165) is 19.3 Å². The van der Waals surface area contributed by atoms with E-state index in [4.69, 9.17) is 14.4 Å². The smallest absolute Gasteiger partial charge is 0.327 e. The van der Waals surface area contributed by atoms with Gasteiger partial charge in [0.1, 0.15) is 0 Å². The zero-order chi connectivity index (χ0) is 21.3. The van der Waals surface area contributed by atoms with Gasteiger partial charge in [-0.15, -0.1) is 0 Å². The van der Waals surface area contributed by atoms with Crippen molar-refractivity contribution in [2.45, 2.75) is 108 Å². The lowest BCUT2D eigenvalue weighted by Crippen LogP contribution is -2.34. The van der Waals surface area contributed by atoms with Crippen LogP contribution in [0.4, 0.5) is 0 Å². The third-order valence-electron chi connectivity index (χ3n) is 4.72. The minimum absolute atomic E-state index is 0.0303. The highest BCUT2D eigenvalue weighted by Gasteiger charge is 2.34. The van der Waals surface area contributed by atoms with Crippen LogP contribution in [0.5, 0.6) is 0 Å². The molecule has 0 fully saturated rings. The molecule has 8 heteroatoms. The number of hydrogen-bond acceptors (Lipinski definition) is 5. The van der Waals surface area contributed by atoms with Crippen molar-refractivity contribution in [1.82, 2.24) is 0 Å². The molecule has 0 radical (unpaired) electrons. The van der Waals surface area contributed by atoms with Crippen molar-refractivity contribution < 1.29 is 32.4 Å². The first-order valence-electron chi connectivity index (χ1n) is 10.6. The highest BCUT2D eigenvalue weighted by Crippen LogP contribution is 2.13. The molecule has 0 amide bonds. The van der Waals surface area contributed by atoms with Gasteiger partial charge in [0.2, 0.25) is 0 Å². The van der Waals surface area contributed by atoms with Crippen LogP contribution >= 0.6 is 0 Å². The molecule has 0 aromatic carbocycles. The summed E-state index contributed by atoms with van der Waals surface area (Å²) >= 11 is 0. The summed E-state index contributed by atoms with van der Waals surface area (Å²) in [5, 5.41) is 6.56.